The van der Waals surface area contributed by atoms with Crippen LogP contribution in [-0.2, 0) is 27.4 Å². The fourth-order valence-electron chi connectivity index (χ4n) is 5.63. The Kier molecular flexibility index (Phi) is 15.5. The summed E-state index contributed by atoms with van der Waals surface area (Å²) < 4.78 is 17.8. The smallest absolute Gasteiger partial charge is 0.408 e. The lowest BCUT2D eigenvalue weighted by atomic mass is 9.83. The molecule has 1 aliphatic rings. The Morgan fingerprint density at radius 3 is 2.09 bits per heavy atom. The molecule has 0 heterocycles. The Morgan fingerprint density at radius 1 is 0.841 bits per heavy atom. The molecule has 3 unspecified atom stereocenters. The third-order valence-electron chi connectivity index (χ3n) is 7.94. The number of unbranched alkanes of at least 4 members (excludes halogenated alkanes) is 2. The molecule has 0 aromatic heterocycles. The molecule has 0 aliphatic heterocycles. The van der Waals surface area contributed by atoms with E-state index < -0.39 is 17.8 Å². The van der Waals surface area contributed by atoms with Crippen molar-refractivity contribution in [3.63, 3.8) is 0 Å². The minimum absolute atomic E-state index is 0.209. The van der Waals surface area contributed by atoms with Crippen molar-refractivity contribution in [2.75, 3.05) is 6.54 Å². The molecule has 2 amide bonds. The average Bonchev–Trinajstić information content (AvgIpc) is 3.00. The minimum Gasteiger partial charge on any atom is -0.445 e. The molecule has 1 saturated carbocycles. The number of carbonyl (C=O) groups excluding carboxylic acids is 2. The number of carbonyl (C=O) groups is 2. The van der Waals surface area contributed by atoms with Crippen LogP contribution in [0.1, 0.15) is 103 Å². The zero-order valence-electron chi connectivity index (χ0n) is 27.3. The highest BCUT2D eigenvalue weighted by Gasteiger charge is 2.30. The maximum absolute atomic E-state index is 13.1. The first-order valence-corrected chi connectivity index (χ1v) is 16.6. The number of amides is 2. The van der Waals surface area contributed by atoms with Gasteiger partial charge in [-0.15, -0.1) is 0 Å². The fraction of sp³-hybridized carbons (Fsp3) is 0.611. The highest BCUT2D eigenvalue weighted by Crippen LogP contribution is 2.29. The largest absolute Gasteiger partial charge is 0.445 e. The summed E-state index contributed by atoms with van der Waals surface area (Å²) in [5, 5.41) is 9.76. The molecule has 1 aliphatic carbocycles. The van der Waals surface area contributed by atoms with Gasteiger partial charge in [0.25, 0.3) is 0 Å². The van der Waals surface area contributed by atoms with Gasteiger partial charge in [0, 0.05) is 6.54 Å². The topological polar surface area (TPSA) is 97.9 Å². The van der Waals surface area contributed by atoms with Crippen LogP contribution in [0.25, 0.3) is 0 Å². The standard InChI is InChI=1S/C36H55N3O5/c1-5-6-10-23-33(39-34(40)43-27-30-21-15-9-16-22-30)37-25-32(42-26-29-19-13-8-14-20-29)31(24-28-17-11-7-12-18-28)38-35(41)44-36(2,3)4/h8-9,13-16,19-22,28,31-33,37H,5-7,10-12,17-18,23-27H2,1-4H3,(H,38,41)(H,39,40). The van der Waals surface area contributed by atoms with E-state index in [0.717, 1.165) is 56.1 Å². The Morgan fingerprint density at radius 2 is 1.48 bits per heavy atom. The summed E-state index contributed by atoms with van der Waals surface area (Å²) in [4.78, 5) is 25.9. The molecule has 8 heteroatoms. The number of hydrogen-bond donors (Lipinski definition) is 3. The summed E-state index contributed by atoms with van der Waals surface area (Å²) in [7, 11) is 0. The van der Waals surface area contributed by atoms with Crippen LogP contribution in [-0.4, -0.2) is 42.6 Å². The third-order valence-corrected chi connectivity index (χ3v) is 7.94. The van der Waals surface area contributed by atoms with Crippen molar-refractivity contribution >= 4 is 12.2 Å². The molecule has 1 fully saturated rings. The van der Waals surface area contributed by atoms with Crippen LogP contribution in [0.5, 0.6) is 0 Å². The van der Waals surface area contributed by atoms with Gasteiger partial charge in [0.1, 0.15) is 12.2 Å². The van der Waals surface area contributed by atoms with Gasteiger partial charge in [-0.2, -0.15) is 0 Å². The minimum atomic E-state index is -0.605. The van der Waals surface area contributed by atoms with Crippen LogP contribution in [0.4, 0.5) is 9.59 Å². The highest BCUT2D eigenvalue weighted by molar-refractivity contribution is 5.68. The monoisotopic (exact) mass is 609 g/mol. The Bertz CT molecular complexity index is 1070. The van der Waals surface area contributed by atoms with Crippen molar-refractivity contribution in [2.24, 2.45) is 5.92 Å². The molecule has 8 nitrogen and oxygen atoms in total. The van der Waals surface area contributed by atoms with E-state index in [-0.39, 0.29) is 24.9 Å². The summed E-state index contributed by atoms with van der Waals surface area (Å²) in [5.74, 6) is 0.512. The van der Waals surface area contributed by atoms with Crippen molar-refractivity contribution < 1.29 is 23.8 Å². The first-order valence-electron chi connectivity index (χ1n) is 16.6. The number of rotatable bonds is 17. The van der Waals surface area contributed by atoms with Crippen molar-refractivity contribution in [2.45, 2.75) is 129 Å². The van der Waals surface area contributed by atoms with Crippen molar-refractivity contribution in [3.05, 3.63) is 71.8 Å². The van der Waals surface area contributed by atoms with Crippen molar-refractivity contribution in [1.29, 1.82) is 0 Å². The summed E-state index contributed by atoms with van der Waals surface area (Å²) in [6.07, 6.45) is 9.13. The molecule has 0 bridgehead atoms. The molecular weight excluding hydrogens is 554 g/mol. The van der Waals surface area contributed by atoms with Crippen molar-refractivity contribution in [3.8, 4) is 0 Å². The Hall–Kier alpha value is -3.10. The number of hydrogen-bond acceptors (Lipinski definition) is 6. The van der Waals surface area contributed by atoms with Crippen molar-refractivity contribution in [1.82, 2.24) is 16.0 Å². The number of benzene rings is 2. The quantitative estimate of drug-likeness (QED) is 0.125. The molecular formula is C36H55N3O5. The highest BCUT2D eigenvalue weighted by atomic mass is 16.6. The van der Waals surface area contributed by atoms with Gasteiger partial charge in [0.05, 0.1) is 24.9 Å². The molecule has 3 atom stereocenters. The lowest BCUT2D eigenvalue weighted by Crippen LogP contribution is -2.54. The van der Waals surface area contributed by atoms with E-state index >= 15 is 0 Å². The van der Waals surface area contributed by atoms with E-state index in [1.165, 1.54) is 19.3 Å². The molecule has 244 valence electrons. The van der Waals surface area contributed by atoms with Gasteiger partial charge in [0.15, 0.2) is 0 Å². The first kappa shape index (κ1) is 35.4. The number of alkyl carbamates (subject to hydrolysis) is 2. The summed E-state index contributed by atoms with van der Waals surface area (Å²) in [6, 6.07) is 19.5. The third kappa shape index (κ3) is 14.6. The fourth-order valence-corrected chi connectivity index (χ4v) is 5.63. The molecule has 2 aromatic carbocycles. The van der Waals surface area contributed by atoms with Gasteiger partial charge in [-0.25, -0.2) is 9.59 Å². The van der Waals surface area contributed by atoms with Crippen LogP contribution in [0.15, 0.2) is 60.7 Å². The molecule has 0 saturated heterocycles. The van der Waals surface area contributed by atoms with Gasteiger partial charge < -0.3 is 24.8 Å². The van der Waals surface area contributed by atoms with Gasteiger partial charge in [-0.05, 0) is 50.7 Å². The second kappa shape index (κ2) is 19.3. The number of nitrogens with one attached hydrogen (secondary N) is 3. The predicted molar refractivity (Wildman–Crippen MR) is 175 cm³/mol. The molecule has 0 radical (unpaired) electrons. The lowest BCUT2D eigenvalue weighted by molar-refractivity contribution is -0.00196. The SMILES string of the molecule is CCCCCC(NCC(OCc1ccccc1)C(CC1CCCCC1)NC(=O)OC(C)(C)C)NC(=O)OCc1ccccc1. The molecule has 44 heavy (non-hydrogen) atoms. The van der Waals surface area contributed by atoms with E-state index in [4.69, 9.17) is 14.2 Å². The van der Waals surface area contributed by atoms with Gasteiger partial charge in [-0.3, -0.25) is 5.32 Å². The summed E-state index contributed by atoms with van der Waals surface area (Å²) >= 11 is 0. The van der Waals surface area contributed by atoms with Gasteiger partial charge in [-0.1, -0.05) is 119 Å². The Labute approximate surface area is 265 Å². The predicted octanol–water partition coefficient (Wildman–Crippen LogP) is 7.86. The van der Waals surface area contributed by atoms with Gasteiger partial charge >= 0.3 is 12.2 Å². The van der Waals surface area contributed by atoms with Crippen LogP contribution in [0, 0.1) is 5.92 Å². The average molecular weight is 610 g/mol. The Balaban J connectivity index is 1.74. The van der Waals surface area contributed by atoms with Crippen LogP contribution >= 0.6 is 0 Å². The maximum Gasteiger partial charge on any atom is 0.408 e. The number of ether oxygens (including phenoxy) is 3. The molecule has 0 spiro atoms. The second-order valence-electron chi connectivity index (χ2n) is 13.0. The second-order valence-corrected chi connectivity index (χ2v) is 13.0. The normalized spacial score (nSPS) is 16.0. The van der Waals surface area contributed by atoms with E-state index in [1.54, 1.807) is 0 Å². The lowest BCUT2D eigenvalue weighted by Gasteiger charge is -2.34. The zero-order valence-corrected chi connectivity index (χ0v) is 27.3. The summed E-state index contributed by atoms with van der Waals surface area (Å²) in [6.45, 7) is 8.84. The summed E-state index contributed by atoms with van der Waals surface area (Å²) in [5.41, 5.74) is 1.39. The van der Waals surface area contributed by atoms with E-state index in [9.17, 15) is 9.59 Å². The van der Waals surface area contributed by atoms with Crippen LogP contribution < -0.4 is 16.0 Å². The molecule has 2 aromatic rings. The van der Waals surface area contributed by atoms with E-state index in [1.807, 2.05) is 81.4 Å². The first-order chi connectivity index (χ1) is 21.2. The molecule has 3 N–H and O–H groups in total. The molecule has 3 rings (SSSR count). The maximum atomic E-state index is 13.1. The van der Waals surface area contributed by atoms with Crippen LogP contribution in [0.3, 0.4) is 0 Å². The van der Waals surface area contributed by atoms with Gasteiger partial charge in [0.2, 0.25) is 0 Å². The van der Waals surface area contributed by atoms with Crippen LogP contribution in [0.2, 0.25) is 0 Å². The van der Waals surface area contributed by atoms with E-state index in [2.05, 4.69) is 22.9 Å². The zero-order chi connectivity index (χ0) is 31.6. The van der Waals surface area contributed by atoms with E-state index in [0.29, 0.717) is 19.1 Å².